The van der Waals surface area contributed by atoms with Gasteiger partial charge in [-0.05, 0) is 42.2 Å². The van der Waals surface area contributed by atoms with Crippen LogP contribution in [0.1, 0.15) is 43.7 Å². The quantitative estimate of drug-likeness (QED) is 0.241. The number of benzene rings is 3. The summed E-state index contributed by atoms with van der Waals surface area (Å²) in [6.07, 6.45) is 3.65. The summed E-state index contributed by atoms with van der Waals surface area (Å²) in [5.41, 5.74) is 2.31. The average molecular weight is 584 g/mol. The summed E-state index contributed by atoms with van der Waals surface area (Å²) in [5, 5.41) is 3.44. The van der Waals surface area contributed by atoms with Crippen LogP contribution < -0.4 is 9.62 Å². The van der Waals surface area contributed by atoms with Crippen molar-refractivity contribution in [2.45, 2.75) is 51.6 Å². The van der Waals surface area contributed by atoms with Gasteiger partial charge in [0.2, 0.25) is 21.8 Å². The van der Waals surface area contributed by atoms with E-state index in [0.717, 1.165) is 30.2 Å². The van der Waals surface area contributed by atoms with Gasteiger partial charge in [-0.2, -0.15) is 0 Å². The van der Waals surface area contributed by atoms with Gasteiger partial charge >= 0.3 is 0 Å². The largest absolute Gasteiger partial charge is 0.354 e. The first-order valence-corrected chi connectivity index (χ1v) is 15.8. The predicted octanol–water partition coefficient (Wildman–Crippen LogP) is 5.44. The molecule has 0 aromatic heterocycles. The van der Waals surface area contributed by atoms with E-state index in [-0.39, 0.29) is 37.7 Å². The van der Waals surface area contributed by atoms with Gasteiger partial charge in [0.1, 0.15) is 6.04 Å². The number of nitrogens with one attached hydrogen (secondary N) is 1. The molecule has 0 fully saturated rings. The van der Waals surface area contributed by atoms with Crippen LogP contribution in [-0.4, -0.2) is 50.5 Å². The van der Waals surface area contributed by atoms with Crippen LogP contribution in [0, 0.1) is 0 Å². The SMILES string of the molecule is CCCCNC(=O)[C@H](Cc1ccccc1)N(Cc1ccccc1)C(=O)CCCN(c1cccc(Cl)c1)S(C)(=O)=O. The number of unbranched alkanes of at least 4 members (excludes halogenated alkanes) is 1. The first-order valence-electron chi connectivity index (χ1n) is 13.6. The maximum Gasteiger partial charge on any atom is 0.243 e. The lowest BCUT2D eigenvalue weighted by Gasteiger charge is -2.32. The van der Waals surface area contributed by atoms with E-state index in [1.54, 1.807) is 29.2 Å². The number of sulfonamides is 1. The van der Waals surface area contributed by atoms with Crippen LogP contribution in [0.4, 0.5) is 5.69 Å². The van der Waals surface area contributed by atoms with Crippen LogP contribution in [0.15, 0.2) is 84.9 Å². The van der Waals surface area contributed by atoms with Gasteiger partial charge in [-0.1, -0.05) is 91.7 Å². The first kappa shape index (κ1) is 31.2. The van der Waals surface area contributed by atoms with Crippen molar-refractivity contribution >= 4 is 39.1 Å². The molecule has 7 nitrogen and oxygen atoms in total. The van der Waals surface area contributed by atoms with Crippen molar-refractivity contribution in [1.82, 2.24) is 10.2 Å². The Morgan fingerprint density at radius 3 is 2.15 bits per heavy atom. The number of carbonyl (C=O) groups is 2. The first-order chi connectivity index (χ1) is 19.2. The summed E-state index contributed by atoms with van der Waals surface area (Å²) in [5.74, 6) is -0.409. The molecule has 214 valence electrons. The molecule has 2 amide bonds. The molecule has 3 rings (SSSR count). The van der Waals surface area contributed by atoms with Crippen LogP contribution in [-0.2, 0) is 32.6 Å². The van der Waals surface area contributed by atoms with E-state index in [9.17, 15) is 18.0 Å². The molecule has 0 unspecified atom stereocenters. The molecule has 0 aliphatic heterocycles. The summed E-state index contributed by atoms with van der Waals surface area (Å²) < 4.78 is 26.4. The minimum Gasteiger partial charge on any atom is -0.354 e. The highest BCUT2D eigenvalue weighted by atomic mass is 35.5. The second kappa shape index (κ2) is 15.4. The van der Waals surface area contributed by atoms with E-state index in [1.165, 1.54) is 4.31 Å². The van der Waals surface area contributed by atoms with E-state index >= 15 is 0 Å². The van der Waals surface area contributed by atoms with E-state index in [0.29, 0.717) is 23.7 Å². The molecule has 0 heterocycles. The lowest BCUT2D eigenvalue weighted by atomic mass is 10.0. The minimum absolute atomic E-state index is 0.0763. The lowest BCUT2D eigenvalue weighted by molar-refractivity contribution is -0.141. The second-order valence-corrected chi connectivity index (χ2v) is 12.1. The molecule has 3 aromatic rings. The molecule has 1 atom stereocenters. The summed E-state index contributed by atoms with van der Waals surface area (Å²) in [6, 6.07) is 25.1. The van der Waals surface area contributed by atoms with Crippen molar-refractivity contribution in [3.63, 3.8) is 0 Å². The molecular weight excluding hydrogens is 546 g/mol. The normalized spacial score (nSPS) is 12.0. The van der Waals surface area contributed by atoms with Crippen LogP contribution in [0.25, 0.3) is 0 Å². The Hall–Kier alpha value is -3.36. The lowest BCUT2D eigenvalue weighted by Crippen LogP contribution is -2.50. The van der Waals surface area contributed by atoms with Gasteiger partial charge < -0.3 is 10.2 Å². The van der Waals surface area contributed by atoms with Crippen molar-refractivity contribution in [1.29, 1.82) is 0 Å². The predicted molar refractivity (Wildman–Crippen MR) is 162 cm³/mol. The molecule has 0 bridgehead atoms. The van der Waals surface area contributed by atoms with Gasteiger partial charge in [-0.3, -0.25) is 13.9 Å². The van der Waals surface area contributed by atoms with E-state index in [1.807, 2.05) is 60.7 Å². The number of carbonyl (C=O) groups excluding carboxylic acids is 2. The van der Waals surface area contributed by atoms with Gasteiger partial charge in [0.05, 0.1) is 11.9 Å². The fourth-order valence-corrected chi connectivity index (χ4v) is 5.62. The van der Waals surface area contributed by atoms with Crippen LogP contribution in [0.2, 0.25) is 5.02 Å². The Morgan fingerprint density at radius 1 is 0.900 bits per heavy atom. The number of hydrogen-bond acceptors (Lipinski definition) is 4. The second-order valence-electron chi connectivity index (χ2n) is 9.78. The van der Waals surface area contributed by atoms with Gasteiger partial charge in [-0.15, -0.1) is 0 Å². The standard InChI is InChI=1S/C31H38ClN3O4S/c1-3-4-20-33-31(37)29(22-25-13-7-5-8-14-25)34(24-26-15-9-6-10-16-26)30(36)19-12-21-35(40(2,38)39)28-18-11-17-27(32)23-28/h5-11,13-18,23,29H,3-4,12,19-22,24H2,1-2H3,(H,33,37)/t29-/m0/s1. The van der Waals surface area contributed by atoms with E-state index < -0.39 is 16.1 Å². The Balaban J connectivity index is 1.84. The zero-order valence-electron chi connectivity index (χ0n) is 23.1. The molecule has 0 aliphatic rings. The number of nitrogens with zero attached hydrogens (tertiary/aromatic N) is 2. The molecule has 9 heteroatoms. The van der Waals surface area contributed by atoms with Gasteiger partial charge in [0.25, 0.3) is 0 Å². The Labute approximate surface area is 243 Å². The summed E-state index contributed by atoms with van der Waals surface area (Å²) in [4.78, 5) is 28.9. The van der Waals surface area contributed by atoms with E-state index in [4.69, 9.17) is 11.6 Å². The van der Waals surface area contributed by atoms with Gasteiger partial charge in [-0.25, -0.2) is 8.42 Å². The van der Waals surface area contributed by atoms with Crippen LogP contribution >= 0.6 is 11.6 Å². The minimum atomic E-state index is -3.60. The third-order valence-electron chi connectivity index (χ3n) is 6.54. The van der Waals surface area contributed by atoms with Crippen molar-refractivity contribution in [2.24, 2.45) is 0 Å². The third kappa shape index (κ3) is 9.68. The van der Waals surface area contributed by atoms with Crippen molar-refractivity contribution < 1.29 is 18.0 Å². The van der Waals surface area contributed by atoms with Gasteiger partial charge in [0, 0.05) is 37.5 Å². The average Bonchev–Trinajstić information content (AvgIpc) is 2.93. The van der Waals surface area contributed by atoms with Crippen LogP contribution in [0.3, 0.4) is 0 Å². The Morgan fingerprint density at radius 2 is 1.55 bits per heavy atom. The van der Waals surface area contributed by atoms with Crippen LogP contribution in [0.5, 0.6) is 0 Å². The fourth-order valence-electron chi connectivity index (χ4n) is 4.48. The highest BCUT2D eigenvalue weighted by Crippen LogP contribution is 2.23. The fraction of sp³-hybridized carbons (Fsp3) is 0.355. The Kier molecular flexibility index (Phi) is 12.0. The number of hydrogen-bond donors (Lipinski definition) is 1. The molecule has 40 heavy (non-hydrogen) atoms. The molecule has 0 aliphatic carbocycles. The number of amides is 2. The highest BCUT2D eigenvalue weighted by molar-refractivity contribution is 7.92. The number of rotatable bonds is 15. The van der Waals surface area contributed by atoms with Crippen molar-refractivity contribution in [2.75, 3.05) is 23.7 Å². The highest BCUT2D eigenvalue weighted by Gasteiger charge is 2.30. The van der Waals surface area contributed by atoms with Gasteiger partial charge in [0.15, 0.2) is 0 Å². The molecule has 1 N–H and O–H groups in total. The van der Waals surface area contributed by atoms with E-state index in [2.05, 4.69) is 12.2 Å². The topological polar surface area (TPSA) is 86.8 Å². The summed E-state index contributed by atoms with van der Waals surface area (Å²) in [6.45, 7) is 2.97. The number of anilines is 1. The zero-order valence-corrected chi connectivity index (χ0v) is 24.7. The summed E-state index contributed by atoms with van der Waals surface area (Å²) >= 11 is 6.10. The summed E-state index contributed by atoms with van der Waals surface area (Å²) in [7, 11) is -3.60. The van der Waals surface area contributed by atoms with Crippen molar-refractivity contribution in [3.05, 3.63) is 101 Å². The molecule has 3 aromatic carbocycles. The maximum atomic E-state index is 13.8. The molecule has 0 spiro atoms. The number of halogens is 1. The molecule has 0 saturated heterocycles. The Bertz CT molecular complexity index is 1340. The van der Waals surface area contributed by atoms with Crippen molar-refractivity contribution in [3.8, 4) is 0 Å². The monoisotopic (exact) mass is 583 g/mol. The zero-order chi connectivity index (χ0) is 29.0. The smallest absolute Gasteiger partial charge is 0.243 e. The molecule has 0 radical (unpaired) electrons. The molecule has 0 saturated carbocycles. The maximum absolute atomic E-state index is 13.8. The molecular formula is C31H38ClN3O4S. The third-order valence-corrected chi connectivity index (χ3v) is 7.97.